The lowest BCUT2D eigenvalue weighted by Gasteiger charge is -2.12. The lowest BCUT2D eigenvalue weighted by molar-refractivity contribution is -0.299. The number of rotatable bonds is 5. The number of carbonyl (C=O) groups is 2. The summed E-state index contributed by atoms with van der Waals surface area (Å²) >= 11 is 0. The minimum Gasteiger partial charge on any atom is -0.543 e. The minimum absolute atomic E-state index is 0.271. The SMILES string of the molecule is Cc1ccc(N/C(=C\C(=O)c2ccccc2)C(=O)[O-])cc1. The van der Waals surface area contributed by atoms with Gasteiger partial charge in [-0.2, -0.15) is 0 Å². The molecule has 0 amide bonds. The first-order valence-corrected chi connectivity index (χ1v) is 6.42. The maximum Gasteiger partial charge on any atom is 0.187 e. The van der Waals surface area contributed by atoms with Crippen molar-refractivity contribution in [2.75, 3.05) is 5.32 Å². The summed E-state index contributed by atoms with van der Waals surface area (Å²) in [5.74, 6) is -1.82. The molecule has 2 aromatic carbocycles. The Bertz CT molecular complexity index is 673. The molecule has 4 nitrogen and oxygen atoms in total. The fraction of sp³-hybridized carbons (Fsp3) is 0.0588. The summed E-state index contributed by atoms with van der Waals surface area (Å²) in [6.45, 7) is 1.93. The second kappa shape index (κ2) is 6.52. The first-order chi connectivity index (χ1) is 10.1. The Kier molecular flexibility index (Phi) is 4.51. The van der Waals surface area contributed by atoms with Gasteiger partial charge in [0.25, 0.3) is 0 Å². The zero-order valence-electron chi connectivity index (χ0n) is 11.5. The highest BCUT2D eigenvalue weighted by Gasteiger charge is 2.06. The number of hydrogen-bond donors (Lipinski definition) is 1. The van der Waals surface area contributed by atoms with Crippen molar-refractivity contribution in [2.45, 2.75) is 6.92 Å². The van der Waals surface area contributed by atoms with Crippen molar-refractivity contribution in [3.05, 3.63) is 77.5 Å². The van der Waals surface area contributed by atoms with E-state index in [9.17, 15) is 14.7 Å². The van der Waals surface area contributed by atoms with Crippen molar-refractivity contribution < 1.29 is 14.7 Å². The fourth-order valence-corrected chi connectivity index (χ4v) is 1.76. The van der Waals surface area contributed by atoms with Crippen LogP contribution in [-0.2, 0) is 4.79 Å². The number of hydrogen-bond acceptors (Lipinski definition) is 4. The Labute approximate surface area is 122 Å². The van der Waals surface area contributed by atoms with Gasteiger partial charge in [0, 0.05) is 17.3 Å². The predicted molar refractivity (Wildman–Crippen MR) is 78.7 cm³/mol. The quantitative estimate of drug-likeness (QED) is 0.671. The van der Waals surface area contributed by atoms with Gasteiger partial charge in [-0.25, -0.2) is 0 Å². The number of carboxylic acids is 1. The zero-order chi connectivity index (χ0) is 15.2. The highest BCUT2D eigenvalue weighted by Crippen LogP contribution is 2.12. The number of carboxylic acid groups (broad SMARTS) is 1. The zero-order valence-corrected chi connectivity index (χ0v) is 11.5. The molecule has 0 saturated carbocycles. The van der Waals surface area contributed by atoms with Crippen LogP contribution < -0.4 is 10.4 Å². The van der Waals surface area contributed by atoms with Gasteiger partial charge in [-0.3, -0.25) is 4.79 Å². The van der Waals surface area contributed by atoms with E-state index < -0.39 is 11.8 Å². The number of aliphatic carboxylic acids is 1. The number of anilines is 1. The van der Waals surface area contributed by atoms with Crippen LogP contribution in [-0.4, -0.2) is 11.8 Å². The highest BCUT2D eigenvalue weighted by molar-refractivity contribution is 6.08. The molecule has 2 aromatic rings. The van der Waals surface area contributed by atoms with Crippen molar-refractivity contribution in [1.29, 1.82) is 0 Å². The maximum atomic E-state index is 12.0. The molecule has 0 bridgehead atoms. The first kappa shape index (κ1) is 14.5. The number of ketones is 1. The predicted octanol–water partition coefficient (Wildman–Crippen LogP) is 1.92. The van der Waals surface area contributed by atoms with Gasteiger partial charge in [0.2, 0.25) is 0 Å². The van der Waals surface area contributed by atoms with Crippen LogP contribution in [0.3, 0.4) is 0 Å². The van der Waals surface area contributed by atoms with Crippen molar-refractivity contribution in [1.82, 2.24) is 0 Å². The van der Waals surface area contributed by atoms with Crippen LogP contribution in [0.25, 0.3) is 0 Å². The largest absolute Gasteiger partial charge is 0.543 e. The molecule has 0 unspecified atom stereocenters. The maximum absolute atomic E-state index is 12.0. The van der Waals surface area contributed by atoms with E-state index in [1.54, 1.807) is 42.5 Å². The molecule has 0 spiro atoms. The van der Waals surface area contributed by atoms with Crippen LogP contribution in [0.15, 0.2) is 66.4 Å². The third-order valence-corrected chi connectivity index (χ3v) is 2.88. The van der Waals surface area contributed by atoms with Crippen LogP contribution in [0.1, 0.15) is 15.9 Å². The molecule has 0 aliphatic heterocycles. The summed E-state index contributed by atoms with van der Waals surface area (Å²) in [4.78, 5) is 23.1. The molecular weight excluding hydrogens is 266 g/mol. The molecule has 4 heteroatoms. The smallest absolute Gasteiger partial charge is 0.187 e. The summed E-state index contributed by atoms with van der Waals surface area (Å²) in [6, 6.07) is 15.6. The third-order valence-electron chi connectivity index (χ3n) is 2.88. The van der Waals surface area contributed by atoms with Gasteiger partial charge in [0.05, 0.1) is 11.7 Å². The summed E-state index contributed by atoms with van der Waals surface area (Å²) in [5.41, 5.74) is 1.78. The van der Waals surface area contributed by atoms with Crippen molar-refractivity contribution in [2.24, 2.45) is 0 Å². The Morgan fingerprint density at radius 3 is 2.19 bits per heavy atom. The van der Waals surface area contributed by atoms with Gasteiger partial charge >= 0.3 is 0 Å². The number of allylic oxidation sites excluding steroid dienone is 1. The van der Waals surface area contributed by atoms with E-state index in [2.05, 4.69) is 5.32 Å². The van der Waals surface area contributed by atoms with Crippen molar-refractivity contribution in [3.8, 4) is 0 Å². The monoisotopic (exact) mass is 280 g/mol. The summed E-state index contributed by atoms with van der Waals surface area (Å²) in [6.07, 6.45) is 1.03. The molecule has 106 valence electrons. The molecule has 0 aliphatic carbocycles. The Morgan fingerprint density at radius 1 is 1.00 bits per heavy atom. The van der Waals surface area contributed by atoms with Gasteiger partial charge in [-0.15, -0.1) is 0 Å². The van der Waals surface area contributed by atoms with Gasteiger partial charge in [-0.05, 0) is 19.1 Å². The molecular formula is C17H14NO3-. The van der Waals surface area contributed by atoms with E-state index in [4.69, 9.17) is 0 Å². The lowest BCUT2D eigenvalue weighted by atomic mass is 10.1. The summed E-state index contributed by atoms with van der Waals surface area (Å²) in [5, 5.41) is 13.8. The second-order valence-electron chi connectivity index (χ2n) is 4.57. The van der Waals surface area contributed by atoms with E-state index in [1.165, 1.54) is 0 Å². The van der Waals surface area contributed by atoms with Gasteiger partial charge < -0.3 is 15.2 Å². The lowest BCUT2D eigenvalue weighted by Crippen LogP contribution is -2.29. The van der Waals surface area contributed by atoms with E-state index in [1.807, 2.05) is 19.1 Å². The number of carbonyl (C=O) groups excluding carboxylic acids is 2. The summed E-state index contributed by atoms with van der Waals surface area (Å²) < 4.78 is 0. The van der Waals surface area contributed by atoms with Crippen molar-refractivity contribution in [3.63, 3.8) is 0 Å². The fourth-order valence-electron chi connectivity index (χ4n) is 1.76. The number of aryl methyl sites for hydroxylation is 1. The highest BCUT2D eigenvalue weighted by atomic mass is 16.4. The Balaban J connectivity index is 2.22. The van der Waals surface area contributed by atoms with E-state index in [-0.39, 0.29) is 5.70 Å². The Morgan fingerprint density at radius 2 is 1.62 bits per heavy atom. The second-order valence-corrected chi connectivity index (χ2v) is 4.57. The standard InChI is InChI=1S/C17H15NO3/c1-12-7-9-14(10-8-12)18-15(17(20)21)11-16(19)13-5-3-2-4-6-13/h2-11,18H,1H3,(H,20,21)/p-1/b15-11-. The first-order valence-electron chi connectivity index (χ1n) is 6.42. The average Bonchev–Trinajstić information content (AvgIpc) is 2.49. The molecule has 0 aliphatic rings. The third kappa shape index (κ3) is 4.04. The van der Waals surface area contributed by atoms with E-state index in [0.717, 1.165) is 11.6 Å². The topological polar surface area (TPSA) is 69.2 Å². The Hall–Kier alpha value is -2.88. The van der Waals surface area contributed by atoms with Crippen LogP contribution >= 0.6 is 0 Å². The van der Waals surface area contributed by atoms with Crippen LogP contribution in [0.4, 0.5) is 5.69 Å². The average molecular weight is 280 g/mol. The molecule has 0 fully saturated rings. The van der Waals surface area contributed by atoms with Crippen LogP contribution in [0.2, 0.25) is 0 Å². The normalized spacial score (nSPS) is 11.0. The molecule has 0 heterocycles. The summed E-state index contributed by atoms with van der Waals surface area (Å²) in [7, 11) is 0. The number of benzene rings is 2. The van der Waals surface area contributed by atoms with E-state index in [0.29, 0.717) is 11.3 Å². The molecule has 0 atom stereocenters. The van der Waals surface area contributed by atoms with Crippen LogP contribution in [0.5, 0.6) is 0 Å². The molecule has 2 rings (SSSR count). The van der Waals surface area contributed by atoms with Crippen molar-refractivity contribution >= 4 is 17.4 Å². The van der Waals surface area contributed by atoms with Gasteiger partial charge in [-0.1, -0.05) is 48.0 Å². The minimum atomic E-state index is -1.43. The van der Waals surface area contributed by atoms with Crippen LogP contribution in [0, 0.1) is 6.92 Å². The van der Waals surface area contributed by atoms with E-state index >= 15 is 0 Å². The molecule has 0 aromatic heterocycles. The van der Waals surface area contributed by atoms with Gasteiger partial charge in [0.15, 0.2) is 5.78 Å². The number of nitrogens with one attached hydrogen (secondary N) is 1. The molecule has 0 radical (unpaired) electrons. The van der Waals surface area contributed by atoms with Gasteiger partial charge in [0.1, 0.15) is 0 Å². The molecule has 21 heavy (non-hydrogen) atoms. The molecule has 1 N–H and O–H groups in total. The molecule has 0 saturated heterocycles.